The van der Waals surface area contributed by atoms with E-state index in [0.29, 0.717) is 12.0 Å². The largest absolute Gasteiger partial charge is 0.463 e. The molecule has 0 aromatic carbocycles. The number of esters is 1. The Hall–Kier alpha value is -0.790. The second kappa shape index (κ2) is 7.60. The van der Waals surface area contributed by atoms with Crippen LogP contribution in [0.4, 0.5) is 0 Å². The van der Waals surface area contributed by atoms with Crippen LogP contribution in [0, 0.1) is 11.3 Å². The molecule has 0 bridgehead atoms. The van der Waals surface area contributed by atoms with Gasteiger partial charge < -0.3 is 4.74 Å². The topological polar surface area (TPSA) is 26.3 Å². The van der Waals surface area contributed by atoms with E-state index in [1.807, 2.05) is 0 Å². The Bertz CT molecular complexity index is 262. The zero-order valence-corrected chi connectivity index (χ0v) is 12.0. The monoisotopic (exact) mass is 252 g/mol. The number of hydrogen-bond donors (Lipinski definition) is 0. The van der Waals surface area contributed by atoms with Gasteiger partial charge in [0.2, 0.25) is 0 Å². The lowest BCUT2D eigenvalue weighted by atomic mass is 9.66. The molecular weight excluding hydrogens is 224 g/mol. The van der Waals surface area contributed by atoms with Gasteiger partial charge in [-0.2, -0.15) is 0 Å². The average Bonchev–Trinajstić information content (AvgIpc) is 2.41. The molecule has 0 aromatic heterocycles. The molecule has 0 N–H and O–H groups in total. The summed E-state index contributed by atoms with van der Waals surface area (Å²) in [5.74, 6) is 0.645. The smallest absolute Gasteiger partial charge is 0.330 e. The van der Waals surface area contributed by atoms with Crippen molar-refractivity contribution in [3.63, 3.8) is 0 Å². The van der Waals surface area contributed by atoms with Crippen LogP contribution in [0.1, 0.15) is 65.2 Å². The molecule has 0 atom stereocenters. The molecule has 0 radical (unpaired) electrons. The first-order chi connectivity index (χ1) is 8.65. The Morgan fingerprint density at radius 1 is 1.39 bits per heavy atom. The molecular formula is C16H28O2. The molecule has 1 fully saturated rings. The van der Waals surface area contributed by atoms with Crippen molar-refractivity contribution < 1.29 is 9.53 Å². The van der Waals surface area contributed by atoms with Gasteiger partial charge in [0.05, 0.1) is 6.61 Å². The minimum Gasteiger partial charge on any atom is -0.463 e. The van der Waals surface area contributed by atoms with E-state index in [1.54, 1.807) is 0 Å². The highest BCUT2D eigenvalue weighted by atomic mass is 16.5. The summed E-state index contributed by atoms with van der Waals surface area (Å²) in [5.41, 5.74) is 0.422. The Balaban J connectivity index is 2.35. The van der Waals surface area contributed by atoms with Gasteiger partial charge in [0.15, 0.2) is 0 Å². The molecule has 18 heavy (non-hydrogen) atoms. The normalized spacial score (nSPS) is 27.8. The SMILES string of the molecule is C=CC(=O)OCCC1(CC)CCC(CCC)CC1. The molecule has 1 saturated carbocycles. The van der Waals surface area contributed by atoms with Gasteiger partial charge in [0, 0.05) is 6.08 Å². The Morgan fingerprint density at radius 2 is 2.06 bits per heavy atom. The highest BCUT2D eigenvalue weighted by Crippen LogP contribution is 2.45. The van der Waals surface area contributed by atoms with Crippen molar-refractivity contribution >= 4 is 5.97 Å². The Morgan fingerprint density at radius 3 is 2.56 bits per heavy atom. The van der Waals surface area contributed by atoms with Gasteiger partial charge in [-0.1, -0.05) is 39.7 Å². The molecule has 1 rings (SSSR count). The zero-order chi connectivity index (χ0) is 13.4. The third kappa shape index (κ3) is 4.47. The number of ether oxygens (including phenoxy) is 1. The summed E-state index contributed by atoms with van der Waals surface area (Å²) in [6.07, 6.45) is 11.5. The molecule has 0 unspecified atom stereocenters. The van der Waals surface area contributed by atoms with Gasteiger partial charge in [-0.05, 0) is 43.4 Å². The average molecular weight is 252 g/mol. The number of carbonyl (C=O) groups is 1. The number of carbonyl (C=O) groups excluding carboxylic acids is 1. The van der Waals surface area contributed by atoms with Gasteiger partial charge in [0.1, 0.15) is 0 Å². The predicted molar refractivity (Wildman–Crippen MR) is 75.4 cm³/mol. The van der Waals surface area contributed by atoms with Gasteiger partial charge in [0.25, 0.3) is 0 Å². The van der Waals surface area contributed by atoms with E-state index in [4.69, 9.17) is 4.74 Å². The second-order valence-electron chi connectivity index (χ2n) is 5.71. The summed E-state index contributed by atoms with van der Waals surface area (Å²) >= 11 is 0. The molecule has 0 spiro atoms. The van der Waals surface area contributed by atoms with Crippen LogP contribution in [-0.2, 0) is 9.53 Å². The van der Waals surface area contributed by atoms with E-state index < -0.39 is 0 Å². The molecule has 0 saturated heterocycles. The molecule has 2 nitrogen and oxygen atoms in total. The molecule has 0 amide bonds. The van der Waals surface area contributed by atoms with Crippen LogP contribution in [0.5, 0.6) is 0 Å². The van der Waals surface area contributed by atoms with Crippen LogP contribution >= 0.6 is 0 Å². The van der Waals surface area contributed by atoms with Crippen molar-refractivity contribution in [1.29, 1.82) is 0 Å². The Kier molecular flexibility index (Phi) is 6.45. The number of hydrogen-bond acceptors (Lipinski definition) is 2. The Labute approximate surface area is 112 Å². The van der Waals surface area contributed by atoms with Crippen molar-refractivity contribution in [2.24, 2.45) is 11.3 Å². The summed E-state index contributed by atoms with van der Waals surface area (Å²) < 4.78 is 5.14. The summed E-state index contributed by atoms with van der Waals surface area (Å²) in [6.45, 7) is 8.52. The van der Waals surface area contributed by atoms with E-state index in [2.05, 4.69) is 20.4 Å². The van der Waals surface area contributed by atoms with Gasteiger partial charge >= 0.3 is 5.97 Å². The lowest BCUT2D eigenvalue weighted by Gasteiger charge is -2.39. The first-order valence-electron chi connectivity index (χ1n) is 7.45. The van der Waals surface area contributed by atoms with Crippen LogP contribution in [-0.4, -0.2) is 12.6 Å². The molecule has 0 aromatic rings. The van der Waals surface area contributed by atoms with Crippen molar-refractivity contribution in [3.05, 3.63) is 12.7 Å². The minimum atomic E-state index is -0.291. The molecule has 1 aliphatic rings. The predicted octanol–water partition coefficient (Wildman–Crippen LogP) is 4.49. The summed E-state index contributed by atoms with van der Waals surface area (Å²) in [4.78, 5) is 11.0. The lowest BCUT2D eigenvalue weighted by molar-refractivity contribution is -0.138. The molecule has 1 aliphatic carbocycles. The standard InChI is InChI=1S/C16H28O2/c1-4-7-14-8-10-16(6-3,11-9-14)12-13-18-15(17)5-2/h5,14H,2,4,6-13H2,1,3H3. The first-order valence-corrected chi connectivity index (χ1v) is 7.45. The highest BCUT2D eigenvalue weighted by molar-refractivity contribution is 5.81. The quantitative estimate of drug-likeness (QED) is 0.493. The summed E-state index contributed by atoms with van der Waals surface area (Å²) in [6, 6.07) is 0. The van der Waals surface area contributed by atoms with Gasteiger partial charge in [-0.15, -0.1) is 0 Å². The van der Waals surface area contributed by atoms with Crippen molar-refractivity contribution in [3.8, 4) is 0 Å². The van der Waals surface area contributed by atoms with E-state index in [0.717, 1.165) is 12.3 Å². The van der Waals surface area contributed by atoms with E-state index in [1.165, 1.54) is 51.0 Å². The van der Waals surface area contributed by atoms with E-state index in [9.17, 15) is 4.79 Å². The van der Waals surface area contributed by atoms with Gasteiger partial charge in [-0.25, -0.2) is 4.79 Å². The fourth-order valence-electron chi connectivity index (χ4n) is 3.19. The molecule has 104 valence electrons. The van der Waals surface area contributed by atoms with E-state index >= 15 is 0 Å². The fourth-order valence-corrected chi connectivity index (χ4v) is 3.19. The summed E-state index contributed by atoms with van der Waals surface area (Å²) in [5, 5.41) is 0. The third-order valence-electron chi connectivity index (χ3n) is 4.66. The molecule has 0 aliphatic heterocycles. The fraction of sp³-hybridized carbons (Fsp3) is 0.812. The van der Waals surface area contributed by atoms with Crippen molar-refractivity contribution in [2.45, 2.75) is 65.2 Å². The van der Waals surface area contributed by atoms with Crippen molar-refractivity contribution in [2.75, 3.05) is 6.61 Å². The molecule has 2 heteroatoms. The maximum atomic E-state index is 11.0. The third-order valence-corrected chi connectivity index (χ3v) is 4.66. The van der Waals surface area contributed by atoms with Gasteiger partial charge in [-0.3, -0.25) is 0 Å². The van der Waals surface area contributed by atoms with Crippen LogP contribution in [0.25, 0.3) is 0 Å². The maximum Gasteiger partial charge on any atom is 0.330 e. The van der Waals surface area contributed by atoms with Crippen LogP contribution in [0.3, 0.4) is 0 Å². The zero-order valence-electron chi connectivity index (χ0n) is 12.0. The number of rotatable bonds is 7. The minimum absolute atomic E-state index is 0.291. The van der Waals surface area contributed by atoms with Crippen LogP contribution in [0.15, 0.2) is 12.7 Å². The van der Waals surface area contributed by atoms with E-state index in [-0.39, 0.29) is 5.97 Å². The summed E-state index contributed by atoms with van der Waals surface area (Å²) in [7, 11) is 0. The highest BCUT2D eigenvalue weighted by Gasteiger charge is 2.33. The van der Waals surface area contributed by atoms with Crippen LogP contribution < -0.4 is 0 Å². The molecule has 0 heterocycles. The maximum absolute atomic E-state index is 11.0. The van der Waals surface area contributed by atoms with Crippen molar-refractivity contribution in [1.82, 2.24) is 0 Å². The second-order valence-corrected chi connectivity index (χ2v) is 5.71. The van der Waals surface area contributed by atoms with Crippen LogP contribution in [0.2, 0.25) is 0 Å². The lowest BCUT2D eigenvalue weighted by Crippen LogP contribution is -2.28. The first kappa shape index (κ1) is 15.3.